The fourth-order valence-corrected chi connectivity index (χ4v) is 4.28. The lowest BCUT2D eigenvalue weighted by atomic mass is 10.0. The van der Waals surface area contributed by atoms with Crippen LogP contribution in [0.4, 0.5) is 5.82 Å². The van der Waals surface area contributed by atoms with E-state index in [9.17, 15) is 0 Å². The van der Waals surface area contributed by atoms with Crippen LogP contribution in [0.1, 0.15) is 16.8 Å². The molecule has 0 aliphatic rings. The average Bonchev–Trinajstić information content (AvgIpc) is 3.49. The second-order valence-corrected chi connectivity index (χ2v) is 8.23. The largest absolute Gasteiger partial charge is 0.383 e. The molecule has 0 saturated carbocycles. The van der Waals surface area contributed by atoms with Gasteiger partial charge in [-0.25, -0.2) is 24.6 Å². The van der Waals surface area contributed by atoms with E-state index in [-0.39, 0.29) is 0 Å². The summed E-state index contributed by atoms with van der Waals surface area (Å²) in [7, 11) is 0. The van der Waals surface area contributed by atoms with Crippen molar-refractivity contribution in [3.8, 4) is 22.5 Å². The van der Waals surface area contributed by atoms with E-state index >= 15 is 0 Å². The van der Waals surface area contributed by atoms with Crippen molar-refractivity contribution in [1.82, 2.24) is 39.9 Å². The van der Waals surface area contributed by atoms with Gasteiger partial charge in [-0.1, -0.05) is 36.4 Å². The number of rotatable bonds is 4. The molecule has 4 heterocycles. The molecule has 0 bridgehead atoms. The van der Waals surface area contributed by atoms with Gasteiger partial charge in [-0.15, -0.1) is 0 Å². The molecule has 0 radical (unpaired) electrons. The highest BCUT2D eigenvalue weighted by Gasteiger charge is 2.20. The second kappa shape index (κ2) is 7.73. The Bertz CT molecular complexity index is 1670. The number of anilines is 1. The number of nitrogens with two attached hydrogens (primary N) is 1. The zero-order valence-corrected chi connectivity index (χ0v) is 18.7. The fraction of sp³-hybridized carbons (Fsp3) is 0.120. The lowest BCUT2D eigenvalue weighted by molar-refractivity contribution is 0.692. The zero-order chi connectivity index (χ0) is 23.2. The molecule has 0 spiro atoms. The summed E-state index contributed by atoms with van der Waals surface area (Å²) >= 11 is 0. The van der Waals surface area contributed by atoms with Crippen LogP contribution in [0.2, 0.25) is 0 Å². The number of aromatic nitrogens is 8. The maximum absolute atomic E-state index is 6.24. The summed E-state index contributed by atoms with van der Waals surface area (Å²) < 4.78 is 1.81. The molecule has 0 fully saturated rings. The van der Waals surface area contributed by atoms with Crippen molar-refractivity contribution in [2.24, 2.45) is 0 Å². The minimum absolute atomic E-state index is 0.366. The number of H-pyrrole nitrogens is 1. The summed E-state index contributed by atoms with van der Waals surface area (Å²) in [6.45, 7) is 4.50. The van der Waals surface area contributed by atoms with Crippen LogP contribution in [0.15, 0.2) is 61.2 Å². The summed E-state index contributed by atoms with van der Waals surface area (Å²) in [5.41, 5.74) is 15.0. The first-order valence-corrected chi connectivity index (χ1v) is 10.9. The number of nitrogen functional groups attached to an aromatic ring is 1. The molecule has 0 unspecified atom stereocenters. The van der Waals surface area contributed by atoms with Crippen LogP contribution in [-0.4, -0.2) is 39.9 Å². The van der Waals surface area contributed by atoms with E-state index in [1.165, 1.54) is 6.33 Å². The molecular weight excluding hydrogens is 426 g/mol. The van der Waals surface area contributed by atoms with Gasteiger partial charge >= 0.3 is 0 Å². The third-order valence-electron chi connectivity index (χ3n) is 6.00. The molecule has 6 rings (SSSR count). The molecule has 166 valence electrons. The van der Waals surface area contributed by atoms with Gasteiger partial charge in [0.2, 0.25) is 0 Å². The lowest BCUT2D eigenvalue weighted by Gasteiger charge is -2.13. The predicted octanol–water partition coefficient (Wildman–Crippen LogP) is 4.07. The molecule has 3 N–H and O–H groups in total. The van der Waals surface area contributed by atoms with Gasteiger partial charge in [0.15, 0.2) is 5.65 Å². The monoisotopic (exact) mass is 447 g/mol. The van der Waals surface area contributed by atoms with Crippen LogP contribution in [0.5, 0.6) is 0 Å². The molecule has 6 aromatic rings. The quantitative estimate of drug-likeness (QED) is 0.417. The zero-order valence-electron chi connectivity index (χ0n) is 18.7. The van der Waals surface area contributed by atoms with Gasteiger partial charge in [0.05, 0.1) is 40.5 Å². The number of fused-ring (bicyclic) bond motifs is 2. The average molecular weight is 448 g/mol. The highest BCUT2D eigenvalue weighted by molar-refractivity contribution is 5.98. The van der Waals surface area contributed by atoms with E-state index in [1.807, 2.05) is 28.9 Å². The van der Waals surface area contributed by atoms with Crippen molar-refractivity contribution in [1.29, 1.82) is 0 Å². The molecule has 2 aromatic carbocycles. The number of benzene rings is 2. The number of hydrogen-bond donors (Lipinski definition) is 2. The van der Waals surface area contributed by atoms with Crippen LogP contribution in [0, 0.1) is 13.8 Å². The third-order valence-corrected chi connectivity index (χ3v) is 6.00. The summed E-state index contributed by atoms with van der Waals surface area (Å²) in [5.74, 6) is 0.367. The van der Waals surface area contributed by atoms with Crippen molar-refractivity contribution >= 4 is 27.9 Å². The topological polar surface area (TPSA) is 124 Å². The van der Waals surface area contributed by atoms with Crippen LogP contribution in [0.3, 0.4) is 0 Å². The Hall–Kier alpha value is -4.66. The second-order valence-electron chi connectivity index (χ2n) is 8.23. The molecule has 0 saturated heterocycles. The van der Waals surface area contributed by atoms with Crippen LogP contribution in [0.25, 0.3) is 44.6 Å². The van der Waals surface area contributed by atoms with E-state index in [2.05, 4.69) is 52.2 Å². The van der Waals surface area contributed by atoms with E-state index in [1.54, 1.807) is 12.4 Å². The van der Waals surface area contributed by atoms with Crippen molar-refractivity contribution in [3.05, 3.63) is 78.0 Å². The van der Waals surface area contributed by atoms with Crippen molar-refractivity contribution in [2.45, 2.75) is 20.4 Å². The van der Waals surface area contributed by atoms with Gasteiger partial charge in [-0.3, -0.25) is 5.10 Å². The first-order valence-electron chi connectivity index (χ1n) is 10.9. The fourth-order valence-electron chi connectivity index (χ4n) is 4.28. The van der Waals surface area contributed by atoms with Crippen molar-refractivity contribution in [3.63, 3.8) is 0 Å². The Morgan fingerprint density at radius 3 is 2.62 bits per heavy atom. The summed E-state index contributed by atoms with van der Waals surface area (Å²) in [6.07, 6.45) is 4.93. The van der Waals surface area contributed by atoms with E-state index in [0.717, 1.165) is 44.7 Å². The maximum Gasteiger partial charge on any atom is 0.164 e. The minimum Gasteiger partial charge on any atom is -0.383 e. The van der Waals surface area contributed by atoms with Gasteiger partial charge < -0.3 is 5.73 Å². The molecule has 0 amide bonds. The third kappa shape index (κ3) is 3.17. The van der Waals surface area contributed by atoms with Gasteiger partial charge in [-0.2, -0.15) is 10.2 Å². The minimum atomic E-state index is 0.366. The number of hydrogen-bond acceptors (Lipinski definition) is 7. The molecule has 9 nitrogen and oxygen atoms in total. The number of nitrogens with one attached hydrogen (secondary N) is 1. The van der Waals surface area contributed by atoms with E-state index in [0.29, 0.717) is 29.1 Å². The first-order chi connectivity index (χ1) is 16.6. The molecule has 0 aliphatic heterocycles. The Kier molecular flexibility index (Phi) is 4.54. The summed E-state index contributed by atoms with van der Waals surface area (Å²) in [4.78, 5) is 18.8. The lowest BCUT2D eigenvalue weighted by Crippen LogP contribution is -2.09. The first kappa shape index (κ1) is 20.0. The van der Waals surface area contributed by atoms with Crippen LogP contribution < -0.4 is 5.73 Å². The maximum atomic E-state index is 6.24. The SMILES string of the molecule is Cc1ccccc1-c1nc2c(C)cccc2nc1Cn1nc(-c2cn[nH]c2)c2c(N)ncnc21. The number of aromatic amines is 1. The number of para-hydroxylation sites is 1. The van der Waals surface area contributed by atoms with Crippen LogP contribution in [-0.2, 0) is 6.54 Å². The van der Waals surface area contributed by atoms with E-state index in [4.69, 9.17) is 20.8 Å². The molecule has 4 aromatic heterocycles. The van der Waals surface area contributed by atoms with Crippen molar-refractivity contribution < 1.29 is 0 Å². The highest BCUT2D eigenvalue weighted by atomic mass is 15.3. The Morgan fingerprint density at radius 2 is 1.79 bits per heavy atom. The predicted molar refractivity (Wildman–Crippen MR) is 131 cm³/mol. The van der Waals surface area contributed by atoms with E-state index < -0.39 is 0 Å². The molecule has 34 heavy (non-hydrogen) atoms. The number of nitrogens with zero attached hydrogens (tertiary/aromatic N) is 7. The highest BCUT2D eigenvalue weighted by Crippen LogP contribution is 2.32. The molecule has 9 heteroatoms. The van der Waals surface area contributed by atoms with Gasteiger partial charge in [-0.05, 0) is 31.0 Å². The van der Waals surface area contributed by atoms with Gasteiger partial charge in [0.1, 0.15) is 17.8 Å². The Balaban J connectivity index is 1.59. The molecule has 0 atom stereocenters. The standard InChI is InChI=1S/C25H21N9/c1-14-6-3-4-8-17(14)23-19(31-18-9-5-7-15(2)21(18)32-23)12-34-25-20(24(26)27-13-28-25)22(33-34)16-10-29-30-11-16/h3-11,13H,12H2,1-2H3,(H,29,30)(H2,26,27,28). The van der Waals surface area contributed by atoms with Crippen LogP contribution >= 0.6 is 0 Å². The Morgan fingerprint density at radius 1 is 0.941 bits per heavy atom. The van der Waals surface area contributed by atoms with Gasteiger partial charge in [0.25, 0.3) is 0 Å². The van der Waals surface area contributed by atoms with Gasteiger partial charge in [0, 0.05) is 17.3 Å². The normalized spacial score (nSPS) is 11.5. The number of aryl methyl sites for hydroxylation is 2. The summed E-state index contributed by atoms with van der Waals surface area (Å²) in [5, 5.41) is 12.4. The van der Waals surface area contributed by atoms with Crippen molar-refractivity contribution in [2.75, 3.05) is 5.73 Å². The Labute approximate surface area is 194 Å². The smallest absolute Gasteiger partial charge is 0.164 e. The molecule has 0 aliphatic carbocycles. The molecular formula is C25H21N9. The summed E-state index contributed by atoms with van der Waals surface area (Å²) in [6, 6.07) is 14.2.